The number of rotatable bonds is 7. The number of likely N-dealkylation sites (tertiary alicyclic amines) is 1. The van der Waals surface area contributed by atoms with E-state index in [2.05, 4.69) is 25.7 Å². The molecule has 0 spiro atoms. The molecule has 0 bridgehead atoms. The molecule has 2 unspecified atom stereocenters. The van der Waals surface area contributed by atoms with Crippen LogP contribution < -0.4 is 4.74 Å². The van der Waals surface area contributed by atoms with Gasteiger partial charge in [0.2, 0.25) is 0 Å². The second-order valence-corrected chi connectivity index (χ2v) is 6.38. The quantitative estimate of drug-likeness (QED) is 0.832. The lowest BCUT2D eigenvalue weighted by molar-refractivity contribution is 0.0938. The Labute approximate surface area is 128 Å². The molecule has 0 radical (unpaired) electrons. The molecule has 0 amide bonds. The molecule has 1 fully saturated rings. The van der Waals surface area contributed by atoms with Gasteiger partial charge in [-0.1, -0.05) is 32.9 Å². The Bertz CT molecular complexity index is 416. The average Bonchev–Trinajstić information content (AvgIpc) is 2.94. The van der Waals surface area contributed by atoms with E-state index < -0.39 is 6.10 Å². The van der Waals surface area contributed by atoms with Crippen molar-refractivity contribution in [1.82, 2.24) is 4.90 Å². The molecule has 3 heteroatoms. The van der Waals surface area contributed by atoms with Crippen molar-refractivity contribution in [2.75, 3.05) is 19.7 Å². The lowest BCUT2D eigenvalue weighted by atomic mass is 10.0. The van der Waals surface area contributed by atoms with Crippen molar-refractivity contribution in [2.24, 2.45) is 5.92 Å². The third-order valence-electron chi connectivity index (χ3n) is 4.33. The van der Waals surface area contributed by atoms with Crippen LogP contribution in [0.15, 0.2) is 24.3 Å². The van der Waals surface area contributed by atoms with E-state index in [1.54, 1.807) is 0 Å². The molecule has 0 aliphatic carbocycles. The SMILES string of the molecule is CCCOc1ccc(C(O)CN2CCCC2C(C)C)cc1. The fraction of sp³-hybridized carbons (Fsp3) is 0.667. The van der Waals surface area contributed by atoms with Crippen LogP contribution >= 0.6 is 0 Å². The van der Waals surface area contributed by atoms with E-state index in [9.17, 15) is 5.11 Å². The number of benzene rings is 1. The summed E-state index contributed by atoms with van der Waals surface area (Å²) in [6, 6.07) is 8.49. The Kier molecular flexibility index (Phi) is 6.07. The highest BCUT2D eigenvalue weighted by Crippen LogP contribution is 2.27. The predicted octanol–water partition coefficient (Wildman–Crippen LogP) is 3.63. The summed E-state index contributed by atoms with van der Waals surface area (Å²) in [6.45, 7) is 9.23. The summed E-state index contributed by atoms with van der Waals surface area (Å²) in [7, 11) is 0. The fourth-order valence-corrected chi connectivity index (χ4v) is 3.17. The molecule has 118 valence electrons. The average molecular weight is 291 g/mol. The number of hydrogen-bond donors (Lipinski definition) is 1. The molecule has 1 saturated heterocycles. The Balaban J connectivity index is 1.92. The first-order valence-corrected chi connectivity index (χ1v) is 8.26. The second-order valence-electron chi connectivity index (χ2n) is 6.38. The molecule has 2 atom stereocenters. The highest BCUT2D eigenvalue weighted by molar-refractivity contribution is 5.28. The van der Waals surface area contributed by atoms with Gasteiger partial charge in [-0.15, -0.1) is 0 Å². The molecular formula is C18H29NO2. The van der Waals surface area contributed by atoms with Gasteiger partial charge in [0.15, 0.2) is 0 Å². The van der Waals surface area contributed by atoms with Crippen LogP contribution in [0.25, 0.3) is 0 Å². The topological polar surface area (TPSA) is 32.7 Å². The van der Waals surface area contributed by atoms with E-state index in [4.69, 9.17) is 4.74 Å². The van der Waals surface area contributed by atoms with Gasteiger partial charge in [0.05, 0.1) is 12.7 Å². The minimum atomic E-state index is -0.412. The Morgan fingerprint density at radius 2 is 2.00 bits per heavy atom. The highest BCUT2D eigenvalue weighted by atomic mass is 16.5. The van der Waals surface area contributed by atoms with Crippen LogP contribution in [-0.4, -0.2) is 35.7 Å². The van der Waals surface area contributed by atoms with Crippen molar-refractivity contribution in [1.29, 1.82) is 0 Å². The van der Waals surface area contributed by atoms with Crippen LogP contribution in [0.3, 0.4) is 0 Å². The summed E-state index contributed by atoms with van der Waals surface area (Å²) in [5.74, 6) is 1.54. The normalized spacial score (nSPS) is 20.9. The molecule has 1 aliphatic rings. The van der Waals surface area contributed by atoms with Crippen LogP contribution in [0.5, 0.6) is 5.75 Å². The number of nitrogens with zero attached hydrogens (tertiary/aromatic N) is 1. The number of aliphatic hydroxyl groups excluding tert-OH is 1. The van der Waals surface area contributed by atoms with Crippen molar-refractivity contribution in [3.63, 3.8) is 0 Å². The van der Waals surface area contributed by atoms with Gasteiger partial charge in [0.1, 0.15) is 5.75 Å². The van der Waals surface area contributed by atoms with Gasteiger partial charge in [-0.3, -0.25) is 4.90 Å². The summed E-state index contributed by atoms with van der Waals surface area (Å²) < 4.78 is 5.58. The van der Waals surface area contributed by atoms with Crippen LogP contribution in [0.2, 0.25) is 0 Å². The van der Waals surface area contributed by atoms with Gasteiger partial charge in [0.25, 0.3) is 0 Å². The van der Waals surface area contributed by atoms with Crippen LogP contribution in [0, 0.1) is 5.92 Å². The zero-order valence-corrected chi connectivity index (χ0v) is 13.6. The molecule has 3 nitrogen and oxygen atoms in total. The molecule has 1 N–H and O–H groups in total. The predicted molar refractivity (Wildman–Crippen MR) is 86.6 cm³/mol. The molecule has 1 heterocycles. The third-order valence-corrected chi connectivity index (χ3v) is 4.33. The van der Waals surface area contributed by atoms with E-state index >= 15 is 0 Å². The zero-order valence-electron chi connectivity index (χ0n) is 13.6. The van der Waals surface area contributed by atoms with Gasteiger partial charge in [-0.25, -0.2) is 0 Å². The molecule has 2 rings (SSSR count). The maximum absolute atomic E-state index is 10.5. The van der Waals surface area contributed by atoms with Crippen molar-refractivity contribution in [3.8, 4) is 5.75 Å². The van der Waals surface area contributed by atoms with Gasteiger partial charge in [-0.05, 0) is 49.4 Å². The summed E-state index contributed by atoms with van der Waals surface area (Å²) in [4.78, 5) is 2.44. The van der Waals surface area contributed by atoms with Crippen molar-refractivity contribution >= 4 is 0 Å². The fourth-order valence-electron chi connectivity index (χ4n) is 3.17. The molecule has 0 aromatic heterocycles. The highest BCUT2D eigenvalue weighted by Gasteiger charge is 2.28. The summed E-state index contributed by atoms with van der Waals surface area (Å²) in [5.41, 5.74) is 0.980. The van der Waals surface area contributed by atoms with E-state index in [0.717, 1.165) is 37.4 Å². The number of aliphatic hydroxyl groups is 1. The largest absolute Gasteiger partial charge is 0.494 e. The second kappa shape index (κ2) is 7.81. The minimum Gasteiger partial charge on any atom is -0.494 e. The Morgan fingerprint density at radius 3 is 2.62 bits per heavy atom. The summed E-state index contributed by atoms with van der Waals surface area (Å²) in [6.07, 6.45) is 3.10. The number of ether oxygens (including phenoxy) is 1. The van der Waals surface area contributed by atoms with Gasteiger partial charge >= 0.3 is 0 Å². The Hall–Kier alpha value is -1.06. The summed E-state index contributed by atoms with van der Waals surface area (Å²) >= 11 is 0. The first kappa shape index (κ1) is 16.3. The van der Waals surface area contributed by atoms with E-state index in [1.807, 2.05) is 24.3 Å². The molecular weight excluding hydrogens is 262 g/mol. The molecule has 0 saturated carbocycles. The minimum absolute atomic E-state index is 0.412. The smallest absolute Gasteiger partial charge is 0.119 e. The van der Waals surface area contributed by atoms with Gasteiger partial charge < -0.3 is 9.84 Å². The van der Waals surface area contributed by atoms with E-state index in [-0.39, 0.29) is 0 Å². The molecule has 1 aromatic carbocycles. The van der Waals surface area contributed by atoms with Crippen molar-refractivity contribution in [3.05, 3.63) is 29.8 Å². The lowest BCUT2D eigenvalue weighted by Gasteiger charge is -2.29. The molecule has 1 aliphatic heterocycles. The summed E-state index contributed by atoms with van der Waals surface area (Å²) in [5, 5.41) is 10.5. The van der Waals surface area contributed by atoms with Crippen molar-refractivity contribution in [2.45, 2.75) is 52.2 Å². The lowest BCUT2D eigenvalue weighted by Crippen LogP contribution is -2.36. The molecule has 1 aromatic rings. The van der Waals surface area contributed by atoms with Crippen LogP contribution in [-0.2, 0) is 0 Å². The van der Waals surface area contributed by atoms with Gasteiger partial charge in [0, 0.05) is 12.6 Å². The monoisotopic (exact) mass is 291 g/mol. The van der Waals surface area contributed by atoms with E-state index in [0.29, 0.717) is 12.0 Å². The number of hydrogen-bond acceptors (Lipinski definition) is 3. The van der Waals surface area contributed by atoms with E-state index in [1.165, 1.54) is 12.8 Å². The first-order chi connectivity index (χ1) is 10.1. The third kappa shape index (κ3) is 4.45. The van der Waals surface area contributed by atoms with Crippen molar-refractivity contribution < 1.29 is 9.84 Å². The molecule has 21 heavy (non-hydrogen) atoms. The van der Waals surface area contributed by atoms with Crippen LogP contribution in [0.4, 0.5) is 0 Å². The van der Waals surface area contributed by atoms with Gasteiger partial charge in [-0.2, -0.15) is 0 Å². The standard InChI is InChI=1S/C18H29NO2/c1-4-12-21-16-9-7-15(8-10-16)18(20)13-19-11-5-6-17(19)14(2)3/h7-10,14,17-18,20H,4-6,11-13H2,1-3H3. The Morgan fingerprint density at radius 1 is 1.29 bits per heavy atom. The first-order valence-electron chi connectivity index (χ1n) is 8.26. The maximum atomic E-state index is 10.5. The zero-order chi connectivity index (χ0) is 15.2. The maximum Gasteiger partial charge on any atom is 0.119 e. The number of β-amino-alcohol motifs (C(OH)–C–C–N with tert-alkyl or cyclic N) is 1. The van der Waals surface area contributed by atoms with Crippen LogP contribution in [0.1, 0.15) is 51.7 Å².